The number of esters is 1. The van der Waals surface area contributed by atoms with Gasteiger partial charge in [0.2, 0.25) is 0 Å². The van der Waals surface area contributed by atoms with Crippen molar-refractivity contribution in [1.29, 1.82) is 0 Å². The van der Waals surface area contributed by atoms with Crippen LogP contribution in [0.15, 0.2) is 60.9 Å². The summed E-state index contributed by atoms with van der Waals surface area (Å²) >= 11 is 0. The number of aromatic nitrogens is 1. The number of carbonyl (C=O) groups is 1. The van der Waals surface area contributed by atoms with Gasteiger partial charge in [0.1, 0.15) is 0 Å². The molecule has 1 aromatic rings. The molecule has 0 aromatic carbocycles. The molecule has 0 radical (unpaired) electrons. The molecule has 1 rings (SSSR count). The Morgan fingerprint density at radius 1 is 1.22 bits per heavy atom. The normalized spacial score (nSPS) is 12.3. The highest BCUT2D eigenvalue weighted by Crippen LogP contribution is 1.97. The Morgan fingerprint density at radius 2 is 1.94 bits per heavy atom. The fourth-order valence-corrected chi connectivity index (χ4v) is 1.19. The van der Waals surface area contributed by atoms with Crippen LogP contribution in [0, 0.1) is 0 Å². The first-order valence-electron chi connectivity index (χ1n) is 5.81. The maximum absolute atomic E-state index is 10.9. The first-order chi connectivity index (χ1) is 8.83. The van der Waals surface area contributed by atoms with E-state index >= 15 is 0 Å². The van der Waals surface area contributed by atoms with Gasteiger partial charge in [0.05, 0.1) is 6.61 Å². The van der Waals surface area contributed by atoms with Crippen molar-refractivity contribution in [2.75, 3.05) is 6.61 Å². The molecule has 1 heterocycles. The summed E-state index contributed by atoms with van der Waals surface area (Å²) in [7, 11) is 0. The number of ether oxygens (including phenoxy) is 1. The summed E-state index contributed by atoms with van der Waals surface area (Å²) in [6, 6.07) is 3.94. The second-order valence-electron chi connectivity index (χ2n) is 3.37. The lowest BCUT2D eigenvalue weighted by molar-refractivity contribution is -0.137. The van der Waals surface area contributed by atoms with E-state index < -0.39 is 0 Å². The van der Waals surface area contributed by atoms with Gasteiger partial charge >= 0.3 is 5.97 Å². The molecule has 94 valence electrons. The second-order valence-corrected chi connectivity index (χ2v) is 3.37. The molecule has 0 amide bonds. The minimum Gasteiger partial charge on any atom is -0.463 e. The highest BCUT2D eigenvalue weighted by atomic mass is 16.5. The Morgan fingerprint density at radius 3 is 2.61 bits per heavy atom. The molecular formula is C15H17NO2. The Kier molecular flexibility index (Phi) is 6.75. The maximum atomic E-state index is 10.9. The van der Waals surface area contributed by atoms with Crippen molar-refractivity contribution in [3.63, 3.8) is 0 Å². The molecule has 0 unspecified atom stereocenters. The molecule has 18 heavy (non-hydrogen) atoms. The number of carbonyl (C=O) groups excluding carboxylic acids is 1. The third-order valence-corrected chi connectivity index (χ3v) is 1.97. The molecule has 0 atom stereocenters. The van der Waals surface area contributed by atoms with Crippen molar-refractivity contribution < 1.29 is 9.53 Å². The van der Waals surface area contributed by atoms with Crippen LogP contribution in [0.4, 0.5) is 0 Å². The Balaban J connectivity index is 2.26. The average molecular weight is 243 g/mol. The molecule has 3 nitrogen and oxygen atoms in total. The first kappa shape index (κ1) is 13.8. The lowest BCUT2D eigenvalue weighted by atomic mass is 10.3. The fourth-order valence-electron chi connectivity index (χ4n) is 1.19. The zero-order chi connectivity index (χ0) is 13.1. The Hall–Kier alpha value is -2.29. The van der Waals surface area contributed by atoms with Crippen LogP contribution in [0.3, 0.4) is 0 Å². The number of hydrogen-bond donors (Lipinski definition) is 1. The molecule has 1 N–H and O–H groups in total. The number of H-pyrrole nitrogens is 1. The van der Waals surface area contributed by atoms with Gasteiger partial charge in [-0.3, -0.25) is 0 Å². The van der Waals surface area contributed by atoms with E-state index in [4.69, 9.17) is 4.74 Å². The highest BCUT2D eigenvalue weighted by Gasteiger charge is 1.89. The molecule has 0 saturated carbocycles. The second kappa shape index (κ2) is 8.82. The minimum atomic E-state index is -0.322. The van der Waals surface area contributed by atoms with E-state index in [1.54, 1.807) is 19.1 Å². The van der Waals surface area contributed by atoms with E-state index in [0.29, 0.717) is 6.61 Å². The summed E-state index contributed by atoms with van der Waals surface area (Å²) in [5.41, 5.74) is 1.06. The summed E-state index contributed by atoms with van der Waals surface area (Å²) in [6.45, 7) is 2.18. The number of hydrogen-bond acceptors (Lipinski definition) is 2. The van der Waals surface area contributed by atoms with Gasteiger partial charge in [-0.2, -0.15) is 0 Å². The van der Waals surface area contributed by atoms with Crippen molar-refractivity contribution in [3.8, 4) is 0 Å². The molecular weight excluding hydrogens is 226 g/mol. The number of nitrogens with one attached hydrogen (secondary N) is 1. The zero-order valence-corrected chi connectivity index (χ0v) is 10.4. The van der Waals surface area contributed by atoms with Crippen molar-refractivity contribution in [2.24, 2.45) is 0 Å². The summed E-state index contributed by atoms with van der Waals surface area (Å²) in [5.74, 6) is -0.322. The molecule has 1 aromatic heterocycles. The first-order valence-corrected chi connectivity index (χ1v) is 5.81. The molecule has 0 aliphatic rings. The standard InChI is InChI=1S/C15H17NO2/c1-2-18-15(17)12-8-6-4-3-5-7-10-14-11-9-13-16-14/h3-13,16H,2H2,1H3/b5-3+,6-4+,10-7+,12-8+. The topological polar surface area (TPSA) is 42.1 Å². The van der Waals surface area contributed by atoms with Crippen molar-refractivity contribution in [1.82, 2.24) is 4.98 Å². The average Bonchev–Trinajstić information content (AvgIpc) is 2.86. The summed E-state index contributed by atoms with van der Waals surface area (Å²) < 4.78 is 4.74. The predicted molar refractivity (Wildman–Crippen MR) is 73.9 cm³/mol. The lowest BCUT2D eigenvalue weighted by Crippen LogP contribution is -1.98. The van der Waals surface area contributed by atoms with Gasteiger partial charge in [-0.05, 0) is 25.1 Å². The monoisotopic (exact) mass is 243 g/mol. The van der Waals surface area contributed by atoms with Gasteiger partial charge in [0, 0.05) is 18.0 Å². The van der Waals surface area contributed by atoms with E-state index in [2.05, 4.69) is 4.98 Å². The van der Waals surface area contributed by atoms with Gasteiger partial charge in [-0.15, -0.1) is 0 Å². The Bertz CT molecular complexity index is 451. The van der Waals surface area contributed by atoms with Gasteiger partial charge in [-0.25, -0.2) is 4.79 Å². The van der Waals surface area contributed by atoms with E-state index in [-0.39, 0.29) is 5.97 Å². The van der Waals surface area contributed by atoms with Gasteiger partial charge < -0.3 is 9.72 Å². The fraction of sp³-hybridized carbons (Fsp3) is 0.133. The van der Waals surface area contributed by atoms with E-state index in [0.717, 1.165) is 5.69 Å². The lowest BCUT2D eigenvalue weighted by Gasteiger charge is -1.92. The number of rotatable bonds is 6. The number of allylic oxidation sites excluding steroid dienone is 6. The van der Waals surface area contributed by atoms with Crippen LogP contribution in [0.2, 0.25) is 0 Å². The van der Waals surface area contributed by atoms with Gasteiger partial charge in [0.25, 0.3) is 0 Å². The molecule has 0 aliphatic carbocycles. The van der Waals surface area contributed by atoms with Crippen LogP contribution in [0.1, 0.15) is 12.6 Å². The number of aromatic amines is 1. The quantitative estimate of drug-likeness (QED) is 0.473. The minimum absolute atomic E-state index is 0.322. The largest absolute Gasteiger partial charge is 0.463 e. The molecule has 0 spiro atoms. The van der Waals surface area contributed by atoms with Crippen molar-refractivity contribution in [3.05, 3.63) is 66.6 Å². The molecule has 0 fully saturated rings. The van der Waals surface area contributed by atoms with Gasteiger partial charge in [-0.1, -0.05) is 36.5 Å². The molecule has 0 bridgehead atoms. The van der Waals surface area contributed by atoms with Crippen molar-refractivity contribution >= 4 is 12.0 Å². The third-order valence-electron chi connectivity index (χ3n) is 1.97. The summed E-state index contributed by atoms with van der Waals surface area (Å²) in [6.07, 6.45) is 16.2. The maximum Gasteiger partial charge on any atom is 0.330 e. The Labute approximate surface area is 107 Å². The van der Waals surface area contributed by atoms with E-state index in [9.17, 15) is 4.79 Å². The van der Waals surface area contributed by atoms with E-state index in [1.807, 2.05) is 48.7 Å². The van der Waals surface area contributed by atoms with Crippen LogP contribution in [-0.4, -0.2) is 17.6 Å². The third kappa shape index (κ3) is 6.33. The van der Waals surface area contributed by atoms with Crippen LogP contribution in [-0.2, 0) is 9.53 Å². The van der Waals surface area contributed by atoms with Crippen LogP contribution in [0.25, 0.3) is 6.08 Å². The zero-order valence-electron chi connectivity index (χ0n) is 10.4. The van der Waals surface area contributed by atoms with Crippen LogP contribution in [0.5, 0.6) is 0 Å². The van der Waals surface area contributed by atoms with Crippen LogP contribution >= 0.6 is 0 Å². The summed E-state index contributed by atoms with van der Waals surface area (Å²) in [5, 5.41) is 0. The molecule has 0 saturated heterocycles. The molecule has 3 heteroatoms. The smallest absolute Gasteiger partial charge is 0.330 e. The SMILES string of the molecule is CCOC(=O)/C=C/C=C/C=C/C=C/c1ccc[nH]1. The van der Waals surface area contributed by atoms with Crippen molar-refractivity contribution in [2.45, 2.75) is 6.92 Å². The van der Waals surface area contributed by atoms with Gasteiger partial charge in [0.15, 0.2) is 0 Å². The molecule has 0 aliphatic heterocycles. The predicted octanol–water partition coefficient (Wildman–Crippen LogP) is 3.26. The highest BCUT2D eigenvalue weighted by molar-refractivity contribution is 5.82. The van der Waals surface area contributed by atoms with E-state index in [1.165, 1.54) is 6.08 Å². The summed E-state index contributed by atoms with van der Waals surface area (Å²) in [4.78, 5) is 14.0. The van der Waals surface area contributed by atoms with Crippen LogP contribution < -0.4 is 0 Å².